The number of nitrogens with one attached hydrogen (secondary N) is 2. The lowest BCUT2D eigenvalue weighted by atomic mass is 10.3. The molecule has 2 aromatic heterocycles. The molecule has 0 atom stereocenters. The highest BCUT2D eigenvalue weighted by Gasteiger charge is 2.13. The average molecular weight is 398 g/mol. The lowest BCUT2D eigenvalue weighted by molar-refractivity contribution is 0.585. The van der Waals surface area contributed by atoms with Crippen molar-refractivity contribution in [2.75, 3.05) is 11.9 Å². The van der Waals surface area contributed by atoms with E-state index in [1.807, 2.05) is 13.0 Å². The summed E-state index contributed by atoms with van der Waals surface area (Å²) < 4.78 is 28.7. The number of rotatable bonds is 8. The maximum absolute atomic E-state index is 12.1. The third-order valence-corrected chi connectivity index (χ3v) is 5.57. The van der Waals surface area contributed by atoms with E-state index in [-0.39, 0.29) is 11.4 Å². The Morgan fingerprint density at radius 1 is 1.18 bits per heavy atom. The summed E-state index contributed by atoms with van der Waals surface area (Å²) >= 11 is 0. The van der Waals surface area contributed by atoms with Crippen LogP contribution in [0.1, 0.15) is 12.7 Å². The summed E-state index contributed by atoms with van der Waals surface area (Å²) in [6.07, 6.45) is 4.95. The van der Waals surface area contributed by atoms with Crippen LogP contribution in [0.2, 0.25) is 0 Å². The summed E-state index contributed by atoms with van der Waals surface area (Å²) in [7, 11) is -3.55. The average Bonchev–Trinajstić information content (AvgIpc) is 3.07. The van der Waals surface area contributed by atoms with Crippen LogP contribution in [-0.2, 0) is 16.6 Å². The first-order valence-corrected chi connectivity index (χ1v) is 10.3. The summed E-state index contributed by atoms with van der Waals surface area (Å²) in [5.74, 6) is 1.34. The molecule has 3 rings (SSSR count). The van der Waals surface area contributed by atoms with E-state index in [0.29, 0.717) is 11.6 Å². The van der Waals surface area contributed by atoms with Crippen LogP contribution in [0.4, 0.5) is 11.6 Å². The fraction of sp³-hybridized carbons (Fsp3) is 0.211. The molecule has 0 saturated heterocycles. The third-order valence-electron chi connectivity index (χ3n) is 4.13. The van der Waals surface area contributed by atoms with E-state index in [9.17, 15) is 8.42 Å². The second kappa shape index (κ2) is 8.32. The second-order valence-electron chi connectivity index (χ2n) is 5.99. The van der Waals surface area contributed by atoms with Gasteiger partial charge in [-0.3, -0.25) is 0 Å². The number of hydrogen-bond donors (Lipinski definition) is 2. The summed E-state index contributed by atoms with van der Waals surface area (Å²) in [4.78, 5) is 13.3. The molecule has 2 heterocycles. The monoisotopic (exact) mass is 398 g/mol. The van der Waals surface area contributed by atoms with E-state index in [1.54, 1.807) is 24.5 Å². The second-order valence-corrected chi connectivity index (χ2v) is 7.76. The molecule has 0 saturated carbocycles. The van der Waals surface area contributed by atoms with Gasteiger partial charge in [0.15, 0.2) is 0 Å². The molecule has 1 aromatic carbocycles. The van der Waals surface area contributed by atoms with Crippen LogP contribution >= 0.6 is 0 Å². The standard InChI is InChI=1S/C19H22N6O2S/c1-4-11-22-28(26,27)16-8-6-15(7-9-16)23-19-20-12-10-17(24-19)18-13-21-14(3)25(18)5-2/h4,6-10,12-13,22H,1,5,11H2,2-3H3,(H,20,23,24). The summed E-state index contributed by atoms with van der Waals surface area (Å²) in [5.41, 5.74) is 2.35. The molecule has 0 radical (unpaired) electrons. The van der Waals surface area contributed by atoms with Gasteiger partial charge < -0.3 is 9.88 Å². The van der Waals surface area contributed by atoms with Gasteiger partial charge >= 0.3 is 0 Å². The smallest absolute Gasteiger partial charge is 0.240 e. The van der Waals surface area contributed by atoms with Crippen molar-refractivity contribution in [1.29, 1.82) is 0 Å². The van der Waals surface area contributed by atoms with Crippen molar-refractivity contribution in [3.63, 3.8) is 0 Å². The van der Waals surface area contributed by atoms with Gasteiger partial charge in [0.25, 0.3) is 0 Å². The molecule has 0 bridgehead atoms. The Morgan fingerprint density at radius 3 is 2.61 bits per heavy atom. The van der Waals surface area contributed by atoms with E-state index < -0.39 is 10.0 Å². The number of aryl methyl sites for hydroxylation is 1. The van der Waals surface area contributed by atoms with Crippen LogP contribution in [0.3, 0.4) is 0 Å². The van der Waals surface area contributed by atoms with Crippen molar-refractivity contribution < 1.29 is 8.42 Å². The Bertz CT molecular complexity index is 1070. The van der Waals surface area contributed by atoms with Crippen molar-refractivity contribution >= 4 is 21.7 Å². The Labute approximate surface area is 164 Å². The first kappa shape index (κ1) is 19.7. The molecular weight excluding hydrogens is 376 g/mol. The molecular formula is C19H22N6O2S. The Morgan fingerprint density at radius 2 is 1.93 bits per heavy atom. The van der Waals surface area contributed by atoms with Crippen molar-refractivity contribution in [2.24, 2.45) is 0 Å². The molecule has 3 aromatic rings. The summed E-state index contributed by atoms with van der Waals surface area (Å²) in [6, 6.07) is 8.20. The van der Waals surface area contributed by atoms with Crippen molar-refractivity contribution in [2.45, 2.75) is 25.3 Å². The minimum Gasteiger partial charge on any atom is -0.327 e. The van der Waals surface area contributed by atoms with Crippen LogP contribution in [0.5, 0.6) is 0 Å². The zero-order valence-corrected chi connectivity index (χ0v) is 16.6. The molecule has 0 aliphatic rings. The SMILES string of the molecule is C=CCNS(=O)(=O)c1ccc(Nc2nccc(-c3cnc(C)n3CC)n2)cc1. The molecule has 146 valence electrons. The highest BCUT2D eigenvalue weighted by atomic mass is 32.2. The number of sulfonamides is 1. The minimum absolute atomic E-state index is 0.177. The first-order valence-electron chi connectivity index (χ1n) is 8.78. The lowest BCUT2D eigenvalue weighted by Crippen LogP contribution is -2.23. The van der Waals surface area contributed by atoms with Gasteiger partial charge in [0.2, 0.25) is 16.0 Å². The fourth-order valence-electron chi connectivity index (χ4n) is 2.73. The van der Waals surface area contributed by atoms with Crippen LogP contribution in [-0.4, -0.2) is 34.5 Å². The van der Waals surface area contributed by atoms with Crippen molar-refractivity contribution in [3.05, 3.63) is 61.2 Å². The predicted molar refractivity (Wildman–Crippen MR) is 109 cm³/mol. The predicted octanol–water partition coefficient (Wildman–Crippen LogP) is 2.88. The molecule has 9 heteroatoms. The number of imidazole rings is 1. The van der Waals surface area contributed by atoms with Gasteiger partial charge in [-0.15, -0.1) is 6.58 Å². The molecule has 0 amide bonds. The molecule has 0 unspecified atom stereocenters. The van der Waals surface area contributed by atoms with Gasteiger partial charge in [0.05, 0.1) is 22.5 Å². The van der Waals surface area contributed by atoms with Crippen LogP contribution in [0, 0.1) is 6.92 Å². The number of nitrogens with zero attached hydrogens (tertiary/aromatic N) is 4. The third kappa shape index (κ3) is 4.26. The van der Waals surface area contributed by atoms with Gasteiger partial charge in [-0.1, -0.05) is 6.08 Å². The quantitative estimate of drug-likeness (QED) is 0.566. The maximum Gasteiger partial charge on any atom is 0.240 e. The topological polar surface area (TPSA) is 102 Å². The molecule has 0 fully saturated rings. The zero-order chi connectivity index (χ0) is 20.1. The van der Waals surface area contributed by atoms with Gasteiger partial charge in [0, 0.05) is 25.0 Å². The molecule has 28 heavy (non-hydrogen) atoms. The van der Waals surface area contributed by atoms with Crippen molar-refractivity contribution in [1.82, 2.24) is 24.2 Å². The Balaban J connectivity index is 1.80. The molecule has 8 nitrogen and oxygen atoms in total. The molecule has 2 N–H and O–H groups in total. The highest BCUT2D eigenvalue weighted by Crippen LogP contribution is 2.21. The molecule has 0 aliphatic carbocycles. The van der Waals surface area contributed by atoms with E-state index in [0.717, 1.165) is 23.8 Å². The Kier molecular flexibility index (Phi) is 5.86. The Hall–Kier alpha value is -3.04. The molecule has 0 aliphatic heterocycles. The number of aromatic nitrogens is 4. The summed E-state index contributed by atoms with van der Waals surface area (Å²) in [6.45, 7) is 8.48. The van der Waals surface area contributed by atoms with Gasteiger partial charge in [-0.05, 0) is 44.2 Å². The zero-order valence-electron chi connectivity index (χ0n) is 15.8. The van der Waals surface area contributed by atoms with Crippen molar-refractivity contribution in [3.8, 4) is 11.4 Å². The van der Waals surface area contributed by atoms with Crippen LogP contribution < -0.4 is 10.0 Å². The van der Waals surface area contributed by atoms with E-state index in [4.69, 9.17) is 0 Å². The number of hydrogen-bond acceptors (Lipinski definition) is 6. The van der Waals surface area contributed by atoms with Gasteiger partial charge in [0.1, 0.15) is 5.82 Å². The first-order chi connectivity index (χ1) is 13.4. The van der Waals surface area contributed by atoms with Crippen LogP contribution in [0.15, 0.2) is 60.3 Å². The largest absolute Gasteiger partial charge is 0.327 e. The molecule has 0 spiro atoms. The highest BCUT2D eigenvalue weighted by molar-refractivity contribution is 7.89. The van der Waals surface area contributed by atoms with Crippen LogP contribution in [0.25, 0.3) is 11.4 Å². The lowest BCUT2D eigenvalue weighted by Gasteiger charge is -2.10. The summed E-state index contributed by atoms with van der Waals surface area (Å²) in [5, 5.41) is 3.10. The number of benzene rings is 1. The maximum atomic E-state index is 12.1. The van der Waals surface area contributed by atoms with Gasteiger partial charge in [-0.2, -0.15) is 0 Å². The minimum atomic E-state index is -3.55. The number of anilines is 2. The fourth-order valence-corrected chi connectivity index (χ4v) is 3.73. The van der Waals surface area contributed by atoms with E-state index in [2.05, 4.69) is 43.1 Å². The van der Waals surface area contributed by atoms with Gasteiger partial charge in [-0.25, -0.2) is 28.1 Å². The normalized spacial score (nSPS) is 11.4. The van der Waals surface area contributed by atoms with E-state index >= 15 is 0 Å². The van der Waals surface area contributed by atoms with E-state index in [1.165, 1.54) is 18.2 Å².